The normalized spacial score (nSPS) is 12.6. The molecule has 0 saturated carbocycles. The molecule has 0 spiro atoms. The molecular formula is C19H24FN. The van der Waals surface area contributed by atoms with Gasteiger partial charge in [-0.15, -0.1) is 0 Å². The lowest BCUT2D eigenvalue weighted by atomic mass is 9.88. The predicted molar refractivity (Wildman–Crippen MR) is 86.5 cm³/mol. The Hall–Kier alpha value is -1.67. The Kier molecular flexibility index (Phi) is 5.94. The average Bonchev–Trinajstić information content (AvgIpc) is 2.52. The van der Waals surface area contributed by atoms with Crippen LogP contribution in [0, 0.1) is 11.7 Å². The van der Waals surface area contributed by atoms with Gasteiger partial charge >= 0.3 is 0 Å². The number of nitrogens with one attached hydrogen (secondary N) is 1. The second-order valence-corrected chi connectivity index (χ2v) is 5.48. The summed E-state index contributed by atoms with van der Waals surface area (Å²) in [5.74, 6) is 0.411. The molecule has 0 saturated heterocycles. The van der Waals surface area contributed by atoms with E-state index in [-0.39, 0.29) is 5.82 Å². The van der Waals surface area contributed by atoms with E-state index >= 15 is 0 Å². The van der Waals surface area contributed by atoms with Crippen LogP contribution in [0.2, 0.25) is 0 Å². The van der Waals surface area contributed by atoms with Gasteiger partial charge < -0.3 is 5.32 Å². The van der Waals surface area contributed by atoms with Gasteiger partial charge in [0.2, 0.25) is 0 Å². The molecule has 2 aromatic carbocycles. The zero-order valence-electron chi connectivity index (χ0n) is 12.9. The molecule has 0 bridgehead atoms. The van der Waals surface area contributed by atoms with Crippen LogP contribution in [0.3, 0.4) is 0 Å². The highest BCUT2D eigenvalue weighted by Gasteiger charge is 2.19. The number of halogens is 1. The molecule has 0 heterocycles. The fraction of sp³-hybridized carbons (Fsp3) is 0.368. The van der Waals surface area contributed by atoms with E-state index < -0.39 is 0 Å². The summed E-state index contributed by atoms with van der Waals surface area (Å²) in [6.07, 6.45) is 2.26. The smallest absolute Gasteiger partial charge is 0.123 e. The monoisotopic (exact) mass is 285 g/mol. The predicted octanol–water partition coefficient (Wildman–Crippen LogP) is 5.09. The lowest BCUT2D eigenvalue weighted by Crippen LogP contribution is -2.27. The minimum absolute atomic E-state index is 0.173. The van der Waals surface area contributed by atoms with Gasteiger partial charge in [-0.05, 0) is 29.2 Å². The van der Waals surface area contributed by atoms with Crippen molar-refractivity contribution in [1.29, 1.82) is 0 Å². The largest absolute Gasteiger partial charge is 0.306 e. The first-order valence-corrected chi connectivity index (χ1v) is 7.77. The number of benzene rings is 2. The van der Waals surface area contributed by atoms with Crippen LogP contribution in [0.25, 0.3) is 0 Å². The molecule has 1 atom stereocenters. The Morgan fingerprint density at radius 2 is 1.67 bits per heavy atom. The van der Waals surface area contributed by atoms with Crippen molar-refractivity contribution >= 4 is 0 Å². The molecular weight excluding hydrogens is 261 g/mol. The molecule has 2 heteroatoms. The van der Waals surface area contributed by atoms with Crippen molar-refractivity contribution in [2.45, 2.75) is 39.3 Å². The first kappa shape index (κ1) is 15.7. The van der Waals surface area contributed by atoms with E-state index in [2.05, 4.69) is 43.4 Å². The summed E-state index contributed by atoms with van der Waals surface area (Å²) in [6, 6.07) is 17.7. The zero-order valence-corrected chi connectivity index (χ0v) is 12.9. The van der Waals surface area contributed by atoms with Gasteiger partial charge in [0.25, 0.3) is 0 Å². The van der Waals surface area contributed by atoms with E-state index in [1.54, 1.807) is 12.1 Å². The first-order valence-electron chi connectivity index (χ1n) is 7.77. The summed E-state index contributed by atoms with van der Waals surface area (Å²) in [5.41, 5.74) is 2.30. The summed E-state index contributed by atoms with van der Waals surface area (Å²) in [4.78, 5) is 0. The molecule has 0 aliphatic carbocycles. The fourth-order valence-corrected chi connectivity index (χ4v) is 2.85. The molecule has 1 N–H and O–H groups in total. The van der Waals surface area contributed by atoms with Crippen molar-refractivity contribution in [3.05, 3.63) is 71.5 Å². The topological polar surface area (TPSA) is 12.0 Å². The Bertz CT molecular complexity index is 534. The Morgan fingerprint density at radius 1 is 0.952 bits per heavy atom. The maximum atomic E-state index is 13.3. The highest BCUT2D eigenvalue weighted by atomic mass is 19.1. The first-order chi connectivity index (χ1) is 10.2. The summed E-state index contributed by atoms with van der Waals surface area (Å²) in [5, 5.41) is 3.61. The Labute approximate surface area is 127 Å². The standard InChI is InChI=1S/C19H24FN/c1-3-16(4-2)19(17-10-6-5-7-11-17)21-14-15-9-8-12-18(20)13-15/h5-13,16,19,21H,3-4,14H2,1-2H3. The van der Waals surface area contributed by atoms with Crippen LogP contribution in [0.15, 0.2) is 54.6 Å². The van der Waals surface area contributed by atoms with Crippen molar-refractivity contribution in [2.75, 3.05) is 0 Å². The highest BCUT2D eigenvalue weighted by molar-refractivity contribution is 5.21. The maximum absolute atomic E-state index is 13.3. The molecule has 21 heavy (non-hydrogen) atoms. The molecule has 112 valence electrons. The Balaban J connectivity index is 2.13. The minimum atomic E-state index is -0.173. The number of hydrogen-bond acceptors (Lipinski definition) is 1. The second kappa shape index (κ2) is 7.94. The van der Waals surface area contributed by atoms with Crippen LogP contribution >= 0.6 is 0 Å². The molecule has 2 aromatic rings. The van der Waals surface area contributed by atoms with Gasteiger partial charge in [0, 0.05) is 12.6 Å². The van der Waals surface area contributed by atoms with E-state index in [1.807, 2.05) is 12.1 Å². The Morgan fingerprint density at radius 3 is 2.29 bits per heavy atom. The van der Waals surface area contributed by atoms with Crippen molar-refractivity contribution in [1.82, 2.24) is 5.32 Å². The zero-order chi connectivity index (χ0) is 15.1. The molecule has 2 rings (SSSR count). The fourth-order valence-electron chi connectivity index (χ4n) is 2.85. The molecule has 0 aromatic heterocycles. The van der Waals surface area contributed by atoms with E-state index in [1.165, 1.54) is 11.6 Å². The highest BCUT2D eigenvalue weighted by Crippen LogP contribution is 2.27. The van der Waals surface area contributed by atoms with E-state index in [0.717, 1.165) is 18.4 Å². The van der Waals surface area contributed by atoms with Gasteiger partial charge in [-0.3, -0.25) is 0 Å². The summed E-state index contributed by atoms with van der Waals surface area (Å²) >= 11 is 0. The molecule has 0 radical (unpaired) electrons. The van der Waals surface area contributed by atoms with Gasteiger partial charge in [0.1, 0.15) is 5.82 Å². The number of rotatable bonds is 7. The van der Waals surface area contributed by atoms with Crippen LogP contribution in [0.1, 0.15) is 43.9 Å². The maximum Gasteiger partial charge on any atom is 0.123 e. The van der Waals surface area contributed by atoms with Crippen LogP contribution in [0.4, 0.5) is 4.39 Å². The molecule has 0 fully saturated rings. The van der Waals surface area contributed by atoms with Crippen LogP contribution < -0.4 is 5.32 Å². The second-order valence-electron chi connectivity index (χ2n) is 5.48. The van der Waals surface area contributed by atoms with Gasteiger partial charge in [0.05, 0.1) is 0 Å². The van der Waals surface area contributed by atoms with Crippen molar-refractivity contribution in [3.8, 4) is 0 Å². The van der Waals surface area contributed by atoms with Crippen molar-refractivity contribution < 1.29 is 4.39 Å². The van der Waals surface area contributed by atoms with Gasteiger partial charge in [0.15, 0.2) is 0 Å². The molecule has 0 amide bonds. The van der Waals surface area contributed by atoms with Gasteiger partial charge in [-0.25, -0.2) is 4.39 Å². The van der Waals surface area contributed by atoms with Crippen LogP contribution in [-0.2, 0) is 6.54 Å². The van der Waals surface area contributed by atoms with E-state index in [0.29, 0.717) is 18.5 Å². The third-order valence-electron chi connectivity index (χ3n) is 4.09. The lowest BCUT2D eigenvalue weighted by Gasteiger charge is -2.27. The SMILES string of the molecule is CCC(CC)C(NCc1cccc(F)c1)c1ccccc1. The quantitative estimate of drug-likeness (QED) is 0.747. The van der Waals surface area contributed by atoms with Crippen LogP contribution in [0.5, 0.6) is 0 Å². The molecule has 1 nitrogen and oxygen atoms in total. The van der Waals surface area contributed by atoms with E-state index in [4.69, 9.17) is 0 Å². The van der Waals surface area contributed by atoms with E-state index in [9.17, 15) is 4.39 Å². The summed E-state index contributed by atoms with van der Waals surface area (Å²) in [7, 11) is 0. The van der Waals surface area contributed by atoms with Gasteiger partial charge in [-0.2, -0.15) is 0 Å². The minimum Gasteiger partial charge on any atom is -0.306 e. The molecule has 0 aliphatic heterocycles. The third-order valence-corrected chi connectivity index (χ3v) is 4.09. The summed E-state index contributed by atoms with van der Waals surface area (Å²) in [6.45, 7) is 5.15. The van der Waals surface area contributed by atoms with Gasteiger partial charge in [-0.1, -0.05) is 69.2 Å². The van der Waals surface area contributed by atoms with Crippen molar-refractivity contribution in [2.24, 2.45) is 5.92 Å². The van der Waals surface area contributed by atoms with Crippen molar-refractivity contribution in [3.63, 3.8) is 0 Å². The number of hydrogen-bond donors (Lipinski definition) is 1. The average molecular weight is 285 g/mol. The third kappa shape index (κ3) is 4.40. The molecule has 0 aliphatic rings. The van der Waals surface area contributed by atoms with Crippen LogP contribution in [-0.4, -0.2) is 0 Å². The molecule has 1 unspecified atom stereocenters. The summed E-state index contributed by atoms with van der Waals surface area (Å²) < 4.78 is 13.3. The lowest BCUT2D eigenvalue weighted by molar-refractivity contribution is 0.339.